The van der Waals surface area contributed by atoms with Crippen LogP contribution in [0.1, 0.15) is 26.7 Å². The first kappa shape index (κ1) is 12.5. The number of rotatable bonds is 3. The van der Waals surface area contributed by atoms with E-state index in [4.69, 9.17) is 4.74 Å². The van der Waals surface area contributed by atoms with Crippen molar-refractivity contribution in [2.24, 2.45) is 11.8 Å². The lowest BCUT2D eigenvalue weighted by Gasteiger charge is -2.28. The number of hydrogen-bond acceptors (Lipinski definition) is 3. The van der Waals surface area contributed by atoms with Gasteiger partial charge in [-0.25, -0.2) is 4.98 Å². The molecule has 1 saturated heterocycles. The van der Waals surface area contributed by atoms with Gasteiger partial charge in [-0.15, -0.1) is 0 Å². The van der Waals surface area contributed by atoms with Crippen molar-refractivity contribution in [1.29, 1.82) is 0 Å². The predicted molar refractivity (Wildman–Crippen MR) is 71.7 cm³/mol. The fourth-order valence-corrected chi connectivity index (χ4v) is 3.26. The van der Waals surface area contributed by atoms with E-state index >= 15 is 0 Å². The highest BCUT2D eigenvalue weighted by molar-refractivity contribution is 5.79. The molecule has 3 atom stereocenters. The Morgan fingerprint density at radius 1 is 1.42 bits per heavy atom. The lowest BCUT2D eigenvalue weighted by Crippen LogP contribution is -2.42. The van der Waals surface area contributed by atoms with Gasteiger partial charge < -0.3 is 9.64 Å². The van der Waals surface area contributed by atoms with Gasteiger partial charge in [-0.2, -0.15) is 0 Å². The third-order valence-electron chi connectivity index (χ3n) is 4.18. The summed E-state index contributed by atoms with van der Waals surface area (Å²) in [7, 11) is 0. The van der Waals surface area contributed by atoms with Crippen LogP contribution in [0.25, 0.3) is 0 Å². The molecule has 3 rings (SSSR count). The Bertz CT molecular complexity index is 460. The average Bonchev–Trinajstić information content (AvgIpc) is 2.96. The van der Waals surface area contributed by atoms with E-state index in [0.29, 0.717) is 11.8 Å². The van der Waals surface area contributed by atoms with E-state index in [-0.39, 0.29) is 24.0 Å². The van der Waals surface area contributed by atoms with Crippen molar-refractivity contribution in [2.45, 2.75) is 38.8 Å². The highest BCUT2D eigenvalue weighted by Crippen LogP contribution is 2.40. The van der Waals surface area contributed by atoms with Crippen LogP contribution in [-0.2, 0) is 4.79 Å². The molecular formula is C15H20N2O2. The summed E-state index contributed by atoms with van der Waals surface area (Å²) < 4.78 is 6.02. The second kappa shape index (κ2) is 4.83. The maximum absolute atomic E-state index is 12.2. The summed E-state index contributed by atoms with van der Waals surface area (Å²) in [5, 5.41) is 0. The van der Waals surface area contributed by atoms with Crippen LogP contribution in [-0.4, -0.2) is 34.5 Å². The summed E-state index contributed by atoms with van der Waals surface area (Å²) in [6.07, 6.45) is 4.08. The molecule has 1 aliphatic heterocycles. The molecule has 2 fully saturated rings. The Hall–Kier alpha value is -1.58. The molecule has 0 spiro atoms. The van der Waals surface area contributed by atoms with E-state index in [1.807, 2.05) is 36.9 Å². The first-order valence-electron chi connectivity index (χ1n) is 7.05. The van der Waals surface area contributed by atoms with E-state index in [9.17, 15) is 4.79 Å². The van der Waals surface area contributed by atoms with Crippen LogP contribution in [0.3, 0.4) is 0 Å². The molecule has 0 unspecified atom stereocenters. The number of likely N-dealkylation sites (tertiary alicyclic amines) is 1. The number of ether oxygens (including phenoxy) is 1. The molecule has 1 amide bonds. The maximum Gasteiger partial charge on any atom is 0.225 e. The quantitative estimate of drug-likeness (QED) is 0.836. The molecule has 0 radical (unpaired) electrons. The number of piperidine rings is 1. The zero-order valence-corrected chi connectivity index (χ0v) is 11.5. The second-order valence-corrected chi connectivity index (χ2v) is 5.80. The number of carbonyl (C=O) groups is 1. The second-order valence-electron chi connectivity index (χ2n) is 5.80. The summed E-state index contributed by atoms with van der Waals surface area (Å²) >= 11 is 0. The highest BCUT2D eigenvalue weighted by Gasteiger charge is 2.50. The molecule has 1 aromatic heterocycles. The van der Waals surface area contributed by atoms with Crippen molar-refractivity contribution in [1.82, 2.24) is 9.88 Å². The molecule has 2 heterocycles. The number of pyridine rings is 1. The molecule has 2 bridgehead atoms. The van der Waals surface area contributed by atoms with E-state index in [1.54, 1.807) is 6.20 Å². The smallest absolute Gasteiger partial charge is 0.225 e. The fraction of sp³-hybridized carbons (Fsp3) is 0.600. The first-order chi connectivity index (χ1) is 9.16. The summed E-state index contributed by atoms with van der Waals surface area (Å²) in [6.45, 7) is 4.77. The van der Waals surface area contributed by atoms with Crippen LogP contribution in [0.15, 0.2) is 24.4 Å². The van der Waals surface area contributed by atoms with Gasteiger partial charge in [0.1, 0.15) is 6.10 Å². The topological polar surface area (TPSA) is 42.4 Å². The largest absolute Gasteiger partial charge is 0.472 e. The minimum atomic E-state index is 0.0647. The molecule has 19 heavy (non-hydrogen) atoms. The van der Waals surface area contributed by atoms with Crippen LogP contribution >= 0.6 is 0 Å². The van der Waals surface area contributed by atoms with Gasteiger partial charge in [-0.05, 0) is 18.9 Å². The molecule has 4 heteroatoms. The van der Waals surface area contributed by atoms with Crippen LogP contribution in [0.2, 0.25) is 0 Å². The van der Waals surface area contributed by atoms with Crippen LogP contribution in [0.4, 0.5) is 0 Å². The zero-order chi connectivity index (χ0) is 13.4. The van der Waals surface area contributed by atoms with Gasteiger partial charge in [0, 0.05) is 30.6 Å². The van der Waals surface area contributed by atoms with E-state index in [2.05, 4.69) is 4.98 Å². The molecule has 0 N–H and O–H groups in total. The number of carbonyl (C=O) groups excluding carboxylic acids is 1. The Labute approximate surface area is 113 Å². The van der Waals surface area contributed by atoms with Gasteiger partial charge in [0.15, 0.2) is 0 Å². The minimum Gasteiger partial charge on any atom is -0.472 e. The Morgan fingerprint density at radius 2 is 2.26 bits per heavy atom. The SMILES string of the molecule is CC(C)C(=O)N1C[C@H]2CC[C@H]1[C@H]2Oc1ccccn1. The van der Waals surface area contributed by atoms with E-state index in [1.165, 1.54) is 0 Å². The molecular weight excluding hydrogens is 240 g/mol. The number of aromatic nitrogens is 1. The molecule has 2 aliphatic rings. The van der Waals surface area contributed by atoms with E-state index < -0.39 is 0 Å². The molecule has 0 aromatic carbocycles. The monoisotopic (exact) mass is 260 g/mol. The number of fused-ring (bicyclic) bond motifs is 2. The third kappa shape index (κ3) is 2.20. The van der Waals surface area contributed by atoms with Crippen molar-refractivity contribution in [3.05, 3.63) is 24.4 Å². The van der Waals surface area contributed by atoms with Gasteiger partial charge in [0.05, 0.1) is 6.04 Å². The lowest BCUT2D eigenvalue weighted by atomic mass is 10.1. The van der Waals surface area contributed by atoms with Crippen molar-refractivity contribution in [3.8, 4) is 5.88 Å². The normalized spacial score (nSPS) is 29.0. The van der Waals surface area contributed by atoms with Gasteiger partial charge in [-0.1, -0.05) is 19.9 Å². The maximum atomic E-state index is 12.2. The lowest BCUT2D eigenvalue weighted by molar-refractivity contribution is -0.136. The first-order valence-corrected chi connectivity index (χ1v) is 7.05. The summed E-state index contributed by atoms with van der Waals surface area (Å²) in [5.41, 5.74) is 0. The average molecular weight is 260 g/mol. The minimum absolute atomic E-state index is 0.0647. The molecule has 102 valence electrons. The molecule has 1 saturated carbocycles. The van der Waals surface area contributed by atoms with Gasteiger partial charge in [0.2, 0.25) is 11.8 Å². The Kier molecular flexibility index (Phi) is 3.17. The van der Waals surface area contributed by atoms with Crippen LogP contribution < -0.4 is 4.74 Å². The summed E-state index contributed by atoms with van der Waals surface area (Å²) in [4.78, 5) is 18.4. The van der Waals surface area contributed by atoms with Gasteiger partial charge in [0.25, 0.3) is 0 Å². The van der Waals surface area contributed by atoms with Crippen LogP contribution in [0.5, 0.6) is 5.88 Å². The third-order valence-corrected chi connectivity index (χ3v) is 4.18. The standard InChI is InChI=1S/C15H20N2O2/c1-10(2)15(18)17-9-11-6-7-12(17)14(11)19-13-5-3-4-8-16-13/h3-5,8,10-12,14H,6-7,9H2,1-2H3/t11-,12+,14+/m1/s1. The Morgan fingerprint density at radius 3 is 2.95 bits per heavy atom. The summed E-state index contributed by atoms with van der Waals surface area (Å²) in [6, 6.07) is 5.93. The van der Waals surface area contributed by atoms with Gasteiger partial charge in [-0.3, -0.25) is 4.79 Å². The number of amides is 1. The predicted octanol–water partition coefficient (Wildman–Crippen LogP) is 2.11. The molecule has 1 aliphatic carbocycles. The zero-order valence-electron chi connectivity index (χ0n) is 11.5. The number of nitrogens with zero attached hydrogens (tertiary/aromatic N) is 2. The van der Waals surface area contributed by atoms with Crippen molar-refractivity contribution >= 4 is 5.91 Å². The molecule has 4 nitrogen and oxygen atoms in total. The van der Waals surface area contributed by atoms with Crippen molar-refractivity contribution < 1.29 is 9.53 Å². The molecule has 1 aromatic rings. The fourth-order valence-electron chi connectivity index (χ4n) is 3.26. The summed E-state index contributed by atoms with van der Waals surface area (Å²) in [5.74, 6) is 1.45. The van der Waals surface area contributed by atoms with Crippen LogP contribution in [0, 0.1) is 11.8 Å². The highest BCUT2D eigenvalue weighted by atomic mass is 16.5. The van der Waals surface area contributed by atoms with E-state index in [0.717, 1.165) is 19.4 Å². The van der Waals surface area contributed by atoms with Crippen molar-refractivity contribution in [3.63, 3.8) is 0 Å². The number of hydrogen-bond donors (Lipinski definition) is 0. The van der Waals surface area contributed by atoms with Crippen molar-refractivity contribution in [2.75, 3.05) is 6.54 Å². The Balaban J connectivity index is 1.73. The van der Waals surface area contributed by atoms with Gasteiger partial charge >= 0.3 is 0 Å².